The molecule has 0 aliphatic rings. The molecule has 0 fully saturated rings. The van der Waals surface area contributed by atoms with Gasteiger partial charge in [-0.25, -0.2) is 4.57 Å². The Bertz CT molecular complexity index is 581. The van der Waals surface area contributed by atoms with Crippen molar-refractivity contribution in [3.63, 3.8) is 0 Å². The number of nitrogens with zero attached hydrogens (tertiary/aromatic N) is 2. The summed E-state index contributed by atoms with van der Waals surface area (Å²) >= 11 is 6.61. The van der Waals surface area contributed by atoms with Crippen molar-refractivity contribution in [2.75, 3.05) is 6.66 Å². The predicted molar refractivity (Wildman–Crippen MR) is 88.5 cm³/mol. The molecule has 0 radical (unpaired) electrons. The molecular weight excluding hydrogens is 423 g/mol. The molecule has 2 aromatic heterocycles. The molecule has 0 bridgehead atoms. The zero-order valence-corrected chi connectivity index (χ0v) is 15.3. The Morgan fingerprint density at radius 2 is 1.38 bits per heavy atom. The topological polar surface area (TPSA) is 61.3 Å². The standard InChI is InChI=1S/C13H13Br2N2O3P/c1-21(18,19-12-4-2-10(6-14)16-8-12)20-13-5-3-11(7-15)17-9-13/h2-5,8-9H,6-7H2,1H3. The van der Waals surface area contributed by atoms with Crippen LogP contribution < -0.4 is 9.05 Å². The van der Waals surface area contributed by atoms with Crippen LogP contribution in [0, 0.1) is 0 Å². The highest BCUT2D eigenvalue weighted by Crippen LogP contribution is 2.44. The van der Waals surface area contributed by atoms with E-state index < -0.39 is 7.60 Å². The molecular formula is C13H13Br2N2O3P. The smallest absolute Gasteiger partial charge is 0.415 e. The molecule has 2 heterocycles. The molecule has 0 unspecified atom stereocenters. The van der Waals surface area contributed by atoms with E-state index in [1.807, 2.05) is 0 Å². The lowest BCUT2D eigenvalue weighted by molar-refractivity contribution is 0.392. The van der Waals surface area contributed by atoms with Gasteiger partial charge in [-0.15, -0.1) is 0 Å². The lowest BCUT2D eigenvalue weighted by Crippen LogP contribution is -2.00. The maximum Gasteiger partial charge on any atom is 0.427 e. The Hall–Kier alpha value is -0.910. The SMILES string of the molecule is CP(=O)(Oc1ccc(CBr)nc1)Oc1ccc(CBr)nc1. The van der Waals surface area contributed by atoms with E-state index in [0.717, 1.165) is 11.4 Å². The first kappa shape index (κ1) is 16.5. The van der Waals surface area contributed by atoms with Crippen molar-refractivity contribution in [3.8, 4) is 11.5 Å². The van der Waals surface area contributed by atoms with E-state index in [4.69, 9.17) is 9.05 Å². The molecule has 2 rings (SSSR count). The Kier molecular flexibility index (Phi) is 5.79. The van der Waals surface area contributed by atoms with Crippen LogP contribution in [0.25, 0.3) is 0 Å². The number of pyridine rings is 2. The van der Waals surface area contributed by atoms with Crippen molar-refractivity contribution in [2.24, 2.45) is 0 Å². The zero-order valence-electron chi connectivity index (χ0n) is 11.2. The number of aromatic nitrogens is 2. The Labute approximate surface area is 139 Å². The molecule has 0 amide bonds. The summed E-state index contributed by atoms with van der Waals surface area (Å²) in [4.78, 5) is 8.29. The van der Waals surface area contributed by atoms with Crippen molar-refractivity contribution in [2.45, 2.75) is 10.7 Å². The molecule has 0 aromatic carbocycles. The maximum absolute atomic E-state index is 12.3. The molecule has 21 heavy (non-hydrogen) atoms. The highest BCUT2D eigenvalue weighted by atomic mass is 79.9. The van der Waals surface area contributed by atoms with Crippen LogP contribution in [0.4, 0.5) is 0 Å². The minimum absolute atomic E-state index is 0.399. The molecule has 0 saturated heterocycles. The first-order valence-electron chi connectivity index (χ1n) is 6.01. The van der Waals surface area contributed by atoms with Gasteiger partial charge in [-0.1, -0.05) is 31.9 Å². The third kappa shape index (κ3) is 5.09. The van der Waals surface area contributed by atoms with Gasteiger partial charge in [0.05, 0.1) is 30.4 Å². The number of rotatable bonds is 6. The van der Waals surface area contributed by atoms with Gasteiger partial charge in [0.15, 0.2) is 0 Å². The normalized spacial score (nSPS) is 11.2. The summed E-state index contributed by atoms with van der Waals surface area (Å²) in [6.45, 7) is 1.41. The molecule has 0 N–H and O–H groups in total. The second-order valence-electron chi connectivity index (χ2n) is 4.19. The summed E-state index contributed by atoms with van der Waals surface area (Å²) in [5.74, 6) is 0.797. The highest BCUT2D eigenvalue weighted by molar-refractivity contribution is 9.08. The van der Waals surface area contributed by atoms with Crippen molar-refractivity contribution in [1.82, 2.24) is 9.97 Å². The third-order valence-corrected chi connectivity index (χ3v) is 4.65. The number of alkyl halides is 2. The van der Waals surface area contributed by atoms with Crippen LogP contribution in [0.3, 0.4) is 0 Å². The average Bonchev–Trinajstić information content (AvgIpc) is 2.48. The number of hydrogen-bond donors (Lipinski definition) is 0. The van der Waals surface area contributed by atoms with Crippen LogP contribution in [0.1, 0.15) is 11.4 Å². The van der Waals surface area contributed by atoms with Gasteiger partial charge in [-0.05, 0) is 24.3 Å². The molecule has 112 valence electrons. The van der Waals surface area contributed by atoms with E-state index in [-0.39, 0.29) is 0 Å². The fourth-order valence-corrected chi connectivity index (χ4v) is 3.17. The fraction of sp³-hybridized carbons (Fsp3) is 0.231. The molecule has 0 aliphatic carbocycles. The first-order valence-corrected chi connectivity index (χ1v) is 10.2. The molecule has 0 spiro atoms. The van der Waals surface area contributed by atoms with Crippen molar-refractivity contribution in [3.05, 3.63) is 48.0 Å². The third-order valence-electron chi connectivity index (χ3n) is 2.41. The molecule has 0 saturated carbocycles. The fourth-order valence-electron chi connectivity index (χ4n) is 1.49. The summed E-state index contributed by atoms with van der Waals surface area (Å²) in [5.41, 5.74) is 1.73. The molecule has 5 nitrogen and oxygen atoms in total. The number of halogens is 2. The van der Waals surface area contributed by atoms with Crippen LogP contribution in [-0.4, -0.2) is 16.6 Å². The van der Waals surface area contributed by atoms with Crippen molar-refractivity contribution in [1.29, 1.82) is 0 Å². The van der Waals surface area contributed by atoms with Gasteiger partial charge in [0.2, 0.25) is 0 Å². The molecule has 0 atom stereocenters. The molecule has 2 aromatic rings. The van der Waals surface area contributed by atoms with Gasteiger partial charge in [0, 0.05) is 10.7 Å². The minimum atomic E-state index is -3.29. The summed E-state index contributed by atoms with van der Waals surface area (Å²) < 4.78 is 23.1. The summed E-state index contributed by atoms with van der Waals surface area (Å²) in [6, 6.07) is 6.98. The average molecular weight is 436 g/mol. The maximum atomic E-state index is 12.3. The largest absolute Gasteiger partial charge is 0.427 e. The summed E-state index contributed by atoms with van der Waals surface area (Å²) in [7, 11) is -3.29. The van der Waals surface area contributed by atoms with Crippen molar-refractivity contribution >= 4 is 39.5 Å². The van der Waals surface area contributed by atoms with E-state index in [9.17, 15) is 4.57 Å². The quantitative estimate of drug-likeness (QED) is 0.492. The minimum Gasteiger partial charge on any atom is -0.415 e. The zero-order chi connectivity index (χ0) is 15.3. The van der Waals surface area contributed by atoms with Gasteiger partial charge in [-0.2, -0.15) is 0 Å². The van der Waals surface area contributed by atoms with Gasteiger partial charge >= 0.3 is 7.60 Å². The van der Waals surface area contributed by atoms with Crippen LogP contribution >= 0.6 is 39.5 Å². The van der Waals surface area contributed by atoms with Gasteiger partial charge in [0.25, 0.3) is 0 Å². The lowest BCUT2D eigenvalue weighted by Gasteiger charge is -2.16. The highest BCUT2D eigenvalue weighted by Gasteiger charge is 2.21. The van der Waals surface area contributed by atoms with Crippen LogP contribution in [-0.2, 0) is 15.2 Å². The Balaban J connectivity index is 2.04. The summed E-state index contributed by atoms with van der Waals surface area (Å²) in [5, 5.41) is 1.30. The monoisotopic (exact) mass is 434 g/mol. The lowest BCUT2D eigenvalue weighted by atomic mass is 10.4. The van der Waals surface area contributed by atoms with E-state index >= 15 is 0 Å². The molecule has 0 aliphatic heterocycles. The predicted octanol–water partition coefficient (Wildman–Crippen LogP) is 4.55. The van der Waals surface area contributed by atoms with Crippen molar-refractivity contribution < 1.29 is 13.6 Å². The summed E-state index contributed by atoms with van der Waals surface area (Å²) in [6.07, 6.45) is 3.03. The first-order chi connectivity index (χ1) is 10.0. The van der Waals surface area contributed by atoms with Gasteiger partial charge in [-0.3, -0.25) is 9.97 Å². The van der Waals surface area contributed by atoms with E-state index in [1.165, 1.54) is 19.1 Å². The van der Waals surface area contributed by atoms with E-state index in [2.05, 4.69) is 41.8 Å². The van der Waals surface area contributed by atoms with Gasteiger partial charge < -0.3 is 9.05 Å². The number of hydrogen-bond acceptors (Lipinski definition) is 5. The van der Waals surface area contributed by atoms with Gasteiger partial charge in [0.1, 0.15) is 11.5 Å². The van der Waals surface area contributed by atoms with E-state index in [0.29, 0.717) is 22.2 Å². The second-order valence-corrected chi connectivity index (χ2v) is 7.22. The Morgan fingerprint density at radius 1 is 0.952 bits per heavy atom. The molecule has 8 heteroatoms. The van der Waals surface area contributed by atoms with Crippen LogP contribution in [0.2, 0.25) is 0 Å². The van der Waals surface area contributed by atoms with Crippen LogP contribution in [0.5, 0.6) is 11.5 Å². The van der Waals surface area contributed by atoms with Crippen LogP contribution in [0.15, 0.2) is 36.7 Å². The Morgan fingerprint density at radius 3 is 1.67 bits per heavy atom. The van der Waals surface area contributed by atoms with E-state index in [1.54, 1.807) is 24.3 Å². The second kappa shape index (κ2) is 7.38.